The second-order valence-electron chi connectivity index (χ2n) is 10.7. The molecule has 0 spiro atoms. The van der Waals surface area contributed by atoms with Gasteiger partial charge in [0.15, 0.2) is 6.29 Å². The average molecular weight is 632 g/mol. The van der Waals surface area contributed by atoms with Crippen molar-refractivity contribution in [2.75, 3.05) is 11.1 Å². The van der Waals surface area contributed by atoms with Crippen LogP contribution in [0, 0.1) is 0 Å². The number of carbonyl (C=O) groups excluding carboxylic acids is 1. The number of thioether (sulfide) groups is 1. The number of carbonyl (C=O) groups is 1. The summed E-state index contributed by atoms with van der Waals surface area (Å²) in [5.41, 5.74) is 5.59. The minimum atomic E-state index is -0.704. The number of aromatic nitrogens is 6. The van der Waals surface area contributed by atoms with E-state index >= 15 is 0 Å². The van der Waals surface area contributed by atoms with E-state index in [0.29, 0.717) is 28.5 Å². The molecule has 6 aromatic rings. The van der Waals surface area contributed by atoms with E-state index in [9.17, 15) is 9.90 Å². The van der Waals surface area contributed by atoms with Gasteiger partial charge in [-0.25, -0.2) is 4.98 Å². The number of para-hydroxylation sites is 3. The Kier molecular flexibility index (Phi) is 8.74. The number of hydrogen-bond donors (Lipinski definition) is 2. The predicted molar refractivity (Wildman–Crippen MR) is 172 cm³/mol. The summed E-state index contributed by atoms with van der Waals surface area (Å²) >= 11 is 1.51. The number of nitrogens with one attached hydrogen (secondary N) is 1. The van der Waals surface area contributed by atoms with Crippen molar-refractivity contribution in [2.45, 2.75) is 36.7 Å². The van der Waals surface area contributed by atoms with Crippen LogP contribution in [0.1, 0.15) is 46.0 Å². The summed E-state index contributed by atoms with van der Waals surface area (Å²) < 4.78 is 14.7. The number of hydrogen-bond acceptors (Lipinski definition) is 10. The van der Waals surface area contributed by atoms with Crippen molar-refractivity contribution in [3.63, 3.8) is 0 Å². The van der Waals surface area contributed by atoms with Crippen molar-refractivity contribution in [1.82, 2.24) is 30.2 Å². The number of benzene rings is 4. The fourth-order valence-corrected chi connectivity index (χ4v) is 6.12. The zero-order chi connectivity index (χ0) is 31.3. The number of fused-ring (bicyclic) bond motifs is 1. The van der Waals surface area contributed by atoms with Crippen LogP contribution >= 0.6 is 11.8 Å². The molecular formula is C34H29N7O4S. The maximum Gasteiger partial charge on any atom is 0.275 e. The van der Waals surface area contributed by atoms with Crippen LogP contribution in [0.25, 0.3) is 16.7 Å². The first-order chi connectivity index (χ1) is 22.6. The molecule has 0 radical (unpaired) electrons. The van der Waals surface area contributed by atoms with Crippen LogP contribution < -0.4 is 5.32 Å². The summed E-state index contributed by atoms with van der Waals surface area (Å²) in [4.78, 5) is 21.9. The van der Waals surface area contributed by atoms with Gasteiger partial charge in [-0.2, -0.15) is 4.68 Å². The van der Waals surface area contributed by atoms with E-state index in [-0.39, 0.29) is 30.4 Å². The number of amides is 1. The van der Waals surface area contributed by atoms with E-state index in [1.165, 1.54) is 18.0 Å². The lowest BCUT2D eigenvalue weighted by Gasteiger charge is -2.36. The van der Waals surface area contributed by atoms with Crippen LogP contribution in [-0.2, 0) is 16.1 Å². The second kappa shape index (κ2) is 13.5. The van der Waals surface area contributed by atoms with Crippen molar-refractivity contribution < 1.29 is 19.4 Å². The quantitative estimate of drug-likeness (QED) is 0.192. The van der Waals surface area contributed by atoms with Crippen LogP contribution in [0.3, 0.4) is 0 Å². The summed E-state index contributed by atoms with van der Waals surface area (Å²) in [7, 11) is 0. The third kappa shape index (κ3) is 6.65. The van der Waals surface area contributed by atoms with Gasteiger partial charge in [-0.1, -0.05) is 78.5 Å². The smallest absolute Gasteiger partial charge is 0.275 e. The SMILES string of the molecule is O=C(Nc1cccc(C2OC(CSc3nnnn3-c3ccccc3)CC(c3ccc(CO)cc3)O2)c1)c1cnc2ccccc2n1. The molecule has 1 saturated heterocycles. The molecule has 230 valence electrons. The van der Waals surface area contributed by atoms with E-state index in [1.807, 2.05) is 97.1 Å². The zero-order valence-electron chi connectivity index (χ0n) is 24.5. The number of aliphatic hydroxyl groups is 1. The number of rotatable bonds is 9. The van der Waals surface area contributed by atoms with Gasteiger partial charge in [-0.3, -0.25) is 9.78 Å². The molecule has 0 saturated carbocycles. The molecule has 7 rings (SSSR count). The largest absolute Gasteiger partial charge is 0.392 e. The van der Waals surface area contributed by atoms with Gasteiger partial charge in [-0.05, 0) is 58.0 Å². The van der Waals surface area contributed by atoms with Gasteiger partial charge in [0, 0.05) is 23.4 Å². The molecule has 3 atom stereocenters. The summed E-state index contributed by atoms with van der Waals surface area (Å²) in [5.74, 6) is 0.211. The lowest BCUT2D eigenvalue weighted by Crippen LogP contribution is -2.31. The summed E-state index contributed by atoms with van der Waals surface area (Å²) in [5, 5.41) is 25.4. The monoisotopic (exact) mass is 631 g/mol. The Hall–Kier alpha value is -5.01. The Morgan fingerprint density at radius 1 is 0.913 bits per heavy atom. The normalized spacial score (nSPS) is 18.0. The van der Waals surface area contributed by atoms with Crippen molar-refractivity contribution in [1.29, 1.82) is 0 Å². The minimum absolute atomic E-state index is 0.0315. The highest BCUT2D eigenvalue weighted by atomic mass is 32.2. The maximum absolute atomic E-state index is 13.1. The third-order valence-electron chi connectivity index (χ3n) is 7.55. The van der Waals surface area contributed by atoms with Crippen LogP contribution in [0.15, 0.2) is 114 Å². The summed E-state index contributed by atoms with van der Waals surface area (Å²) in [6.07, 6.45) is 0.889. The van der Waals surface area contributed by atoms with E-state index in [2.05, 4.69) is 30.8 Å². The lowest BCUT2D eigenvalue weighted by molar-refractivity contribution is -0.245. The van der Waals surface area contributed by atoms with Crippen LogP contribution in [0.2, 0.25) is 0 Å². The van der Waals surface area contributed by atoms with Gasteiger partial charge in [0.05, 0.1) is 41.7 Å². The Morgan fingerprint density at radius 3 is 2.54 bits per heavy atom. The first kappa shape index (κ1) is 29.7. The first-order valence-electron chi connectivity index (χ1n) is 14.7. The number of anilines is 1. The van der Waals surface area contributed by atoms with E-state index in [1.54, 1.807) is 10.7 Å². The van der Waals surface area contributed by atoms with Crippen molar-refractivity contribution in [2.24, 2.45) is 0 Å². The molecule has 4 aromatic carbocycles. The lowest BCUT2D eigenvalue weighted by atomic mass is 10.0. The number of nitrogens with zero attached hydrogens (tertiary/aromatic N) is 6. The van der Waals surface area contributed by atoms with Gasteiger partial charge < -0.3 is 19.9 Å². The van der Waals surface area contributed by atoms with E-state index in [4.69, 9.17) is 9.47 Å². The molecule has 12 heteroatoms. The molecule has 1 aliphatic rings. The molecule has 3 unspecified atom stereocenters. The fraction of sp³-hybridized carbons (Fsp3) is 0.176. The van der Waals surface area contributed by atoms with Crippen molar-refractivity contribution in [3.05, 3.63) is 132 Å². The highest BCUT2D eigenvalue weighted by Crippen LogP contribution is 2.40. The standard InChI is InChI=1S/C34H29N7O4S/c42-20-22-13-15-23(16-14-22)31-18-27(21-46-34-38-39-40-41(34)26-9-2-1-3-10-26)44-33(45-31)24-7-6-8-25(17-24)36-32(43)30-19-35-28-11-4-5-12-29(28)37-30/h1-17,19,27,31,33,42H,18,20-21H2,(H,36,43). The molecule has 0 bridgehead atoms. The first-order valence-corrected chi connectivity index (χ1v) is 15.7. The maximum atomic E-state index is 13.1. The highest BCUT2D eigenvalue weighted by Gasteiger charge is 2.33. The van der Waals surface area contributed by atoms with Gasteiger partial charge in [0.25, 0.3) is 5.91 Å². The molecule has 1 aliphatic heterocycles. The molecule has 11 nitrogen and oxygen atoms in total. The van der Waals surface area contributed by atoms with E-state index < -0.39 is 6.29 Å². The van der Waals surface area contributed by atoms with Crippen molar-refractivity contribution in [3.8, 4) is 5.69 Å². The van der Waals surface area contributed by atoms with Crippen LogP contribution in [0.5, 0.6) is 0 Å². The molecule has 0 aliphatic carbocycles. The molecule has 2 N–H and O–H groups in total. The van der Waals surface area contributed by atoms with Crippen molar-refractivity contribution >= 4 is 34.4 Å². The minimum Gasteiger partial charge on any atom is -0.392 e. The third-order valence-corrected chi connectivity index (χ3v) is 8.60. The number of aliphatic hydroxyl groups excluding tert-OH is 1. The van der Waals surface area contributed by atoms with Gasteiger partial charge in [-0.15, -0.1) is 5.10 Å². The molecular weight excluding hydrogens is 602 g/mol. The highest BCUT2D eigenvalue weighted by molar-refractivity contribution is 7.99. The van der Waals surface area contributed by atoms with Gasteiger partial charge in [0.2, 0.25) is 5.16 Å². The predicted octanol–water partition coefficient (Wildman–Crippen LogP) is 5.69. The Bertz CT molecular complexity index is 1960. The van der Waals surface area contributed by atoms with Gasteiger partial charge in [0.1, 0.15) is 5.69 Å². The molecule has 1 fully saturated rings. The topological polar surface area (TPSA) is 137 Å². The fourth-order valence-electron chi connectivity index (χ4n) is 5.22. The summed E-state index contributed by atoms with van der Waals surface area (Å²) in [6.45, 7) is -0.0315. The molecule has 46 heavy (non-hydrogen) atoms. The second-order valence-corrected chi connectivity index (χ2v) is 11.7. The average Bonchev–Trinajstić information content (AvgIpc) is 3.60. The summed E-state index contributed by atoms with van der Waals surface area (Å²) in [6, 6.07) is 32.3. The molecule has 2 aromatic heterocycles. The Labute approximate surface area is 268 Å². The zero-order valence-corrected chi connectivity index (χ0v) is 25.3. The Balaban J connectivity index is 1.11. The van der Waals surface area contributed by atoms with Crippen LogP contribution in [-0.4, -0.2) is 53.0 Å². The number of ether oxygens (including phenoxy) is 2. The van der Waals surface area contributed by atoms with Crippen LogP contribution in [0.4, 0.5) is 5.69 Å². The Morgan fingerprint density at radius 2 is 1.72 bits per heavy atom. The molecule has 3 heterocycles. The van der Waals surface area contributed by atoms with E-state index in [0.717, 1.165) is 27.9 Å². The van der Waals surface area contributed by atoms with Gasteiger partial charge >= 0.3 is 0 Å². The number of tetrazole rings is 1. The molecule has 1 amide bonds.